The highest BCUT2D eigenvalue weighted by Gasteiger charge is 2.31. The molecule has 1 fully saturated rings. The Hall–Kier alpha value is -1.43. The van der Waals surface area contributed by atoms with Crippen LogP contribution in [0.4, 0.5) is 13.2 Å². The molecule has 2 rings (SSSR count). The summed E-state index contributed by atoms with van der Waals surface area (Å²) in [6.07, 6.45) is -3.98. The fourth-order valence-electron chi connectivity index (χ4n) is 2.66. The Morgan fingerprint density at radius 3 is 2.29 bits per heavy atom. The summed E-state index contributed by atoms with van der Waals surface area (Å²) in [5, 5.41) is 0. The monoisotopic (exact) mass is 303 g/mol. The molecular formula is C15H20F3NO2. The van der Waals surface area contributed by atoms with E-state index in [9.17, 15) is 13.2 Å². The number of rotatable bonds is 5. The number of halogens is 3. The molecule has 3 nitrogen and oxygen atoms in total. The fourth-order valence-corrected chi connectivity index (χ4v) is 2.66. The molecule has 0 N–H and O–H groups in total. The van der Waals surface area contributed by atoms with E-state index in [0.717, 1.165) is 12.0 Å². The topological polar surface area (TPSA) is 21.7 Å². The van der Waals surface area contributed by atoms with Crippen LogP contribution in [0.15, 0.2) is 18.2 Å². The Morgan fingerprint density at radius 2 is 1.76 bits per heavy atom. The molecule has 1 unspecified atom stereocenters. The van der Waals surface area contributed by atoms with Gasteiger partial charge in [-0.05, 0) is 36.6 Å². The van der Waals surface area contributed by atoms with Crippen LogP contribution in [0.5, 0.6) is 11.5 Å². The van der Waals surface area contributed by atoms with E-state index in [1.54, 1.807) is 20.3 Å². The maximum Gasteiger partial charge on any atom is 0.390 e. The van der Waals surface area contributed by atoms with Crippen LogP contribution in [-0.4, -0.2) is 44.9 Å². The van der Waals surface area contributed by atoms with Crippen LogP contribution in [-0.2, 0) is 0 Å². The van der Waals surface area contributed by atoms with Gasteiger partial charge in [-0.1, -0.05) is 0 Å². The van der Waals surface area contributed by atoms with Gasteiger partial charge in [0.25, 0.3) is 0 Å². The van der Waals surface area contributed by atoms with Crippen LogP contribution >= 0.6 is 0 Å². The summed E-state index contributed by atoms with van der Waals surface area (Å²) in [7, 11) is 3.17. The third kappa shape index (κ3) is 4.52. The van der Waals surface area contributed by atoms with Gasteiger partial charge in [-0.15, -0.1) is 0 Å². The minimum atomic E-state index is -4.09. The van der Waals surface area contributed by atoms with Crippen LogP contribution < -0.4 is 9.47 Å². The first-order valence-corrected chi connectivity index (χ1v) is 6.93. The normalized spacial score (nSPS) is 19.8. The van der Waals surface area contributed by atoms with Crippen LogP contribution in [0.2, 0.25) is 0 Å². The average Bonchev–Trinajstić information content (AvgIpc) is 2.92. The Bertz CT molecular complexity index is 454. The van der Waals surface area contributed by atoms with Gasteiger partial charge in [0.2, 0.25) is 0 Å². The standard InChI is InChI=1S/C15H20F3NO2/c1-20-13-7-12(8-14(9-13)21-2)11-3-5-19(10-11)6-4-15(16,17)18/h7-9,11H,3-6,10H2,1-2H3. The number of hydrogen-bond acceptors (Lipinski definition) is 3. The molecule has 0 bridgehead atoms. The molecule has 21 heavy (non-hydrogen) atoms. The zero-order chi connectivity index (χ0) is 15.5. The molecule has 1 saturated heterocycles. The number of benzene rings is 1. The molecule has 0 radical (unpaired) electrons. The lowest BCUT2D eigenvalue weighted by Gasteiger charge is -2.17. The van der Waals surface area contributed by atoms with Crippen molar-refractivity contribution in [3.63, 3.8) is 0 Å². The van der Waals surface area contributed by atoms with Crippen LogP contribution in [0, 0.1) is 0 Å². The summed E-state index contributed by atoms with van der Waals surface area (Å²) in [6, 6.07) is 5.65. The van der Waals surface area contributed by atoms with Crippen molar-refractivity contribution in [2.45, 2.75) is 24.9 Å². The van der Waals surface area contributed by atoms with Gasteiger partial charge in [0.1, 0.15) is 11.5 Å². The number of methoxy groups -OCH3 is 2. The molecule has 1 aliphatic rings. The van der Waals surface area contributed by atoms with Crippen LogP contribution in [0.1, 0.15) is 24.3 Å². The van der Waals surface area contributed by atoms with Crippen molar-refractivity contribution in [1.82, 2.24) is 4.90 Å². The second-order valence-corrected chi connectivity index (χ2v) is 5.30. The van der Waals surface area contributed by atoms with Crippen LogP contribution in [0.25, 0.3) is 0 Å². The van der Waals surface area contributed by atoms with Gasteiger partial charge < -0.3 is 14.4 Å². The van der Waals surface area contributed by atoms with E-state index in [4.69, 9.17) is 9.47 Å². The van der Waals surface area contributed by atoms with E-state index in [1.165, 1.54) is 0 Å². The Balaban J connectivity index is 2.00. The molecule has 0 aliphatic carbocycles. The molecule has 0 aromatic heterocycles. The van der Waals surface area contributed by atoms with Gasteiger partial charge in [0.05, 0.1) is 20.6 Å². The van der Waals surface area contributed by atoms with Crippen molar-refractivity contribution in [2.24, 2.45) is 0 Å². The minimum Gasteiger partial charge on any atom is -0.497 e. The van der Waals surface area contributed by atoms with Crippen molar-refractivity contribution in [2.75, 3.05) is 33.9 Å². The lowest BCUT2D eigenvalue weighted by molar-refractivity contribution is -0.137. The predicted molar refractivity (Wildman–Crippen MR) is 74.0 cm³/mol. The zero-order valence-corrected chi connectivity index (χ0v) is 12.2. The number of ether oxygens (including phenoxy) is 2. The van der Waals surface area contributed by atoms with E-state index < -0.39 is 12.6 Å². The highest BCUT2D eigenvalue weighted by Crippen LogP contribution is 2.33. The third-order valence-corrected chi connectivity index (χ3v) is 3.83. The van der Waals surface area contributed by atoms with E-state index >= 15 is 0 Å². The first kappa shape index (κ1) is 15.9. The maximum absolute atomic E-state index is 12.3. The zero-order valence-electron chi connectivity index (χ0n) is 12.2. The third-order valence-electron chi connectivity index (χ3n) is 3.83. The molecule has 0 saturated carbocycles. The summed E-state index contributed by atoms with van der Waals surface area (Å²) in [5.74, 6) is 1.64. The highest BCUT2D eigenvalue weighted by molar-refractivity contribution is 5.40. The fraction of sp³-hybridized carbons (Fsp3) is 0.600. The molecule has 1 atom stereocenters. The molecule has 0 amide bonds. The Kier molecular flexibility index (Phi) is 4.98. The van der Waals surface area contributed by atoms with Gasteiger partial charge >= 0.3 is 6.18 Å². The predicted octanol–water partition coefficient (Wildman–Crippen LogP) is 3.45. The summed E-state index contributed by atoms with van der Waals surface area (Å²) in [6.45, 7) is 1.41. The molecule has 1 aromatic rings. The molecule has 6 heteroatoms. The van der Waals surface area contributed by atoms with E-state index in [2.05, 4.69) is 0 Å². The van der Waals surface area contributed by atoms with Gasteiger partial charge in [0.15, 0.2) is 0 Å². The smallest absolute Gasteiger partial charge is 0.390 e. The molecule has 118 valence electrons. The van der Waals surface area contributed by atoms with E-state index in [-0.39, 0.29) is 12.5 Å². The number of nitrogens with zero attached hydrogens (tertiary/aromatic N) is 1. The van der Waals surface area contributed by atoms with Gasteiger partial charge in [-0.2, -0.15) is 13.2 Å². The number of likely N-dealkylation sites (tertiary alicyclic amines) is 1. The highest BCUT2D eigenvalue weighted by atomic mass is 19.4. The van der Waals surface area contributed by atoms with Crippen molar-refractivity contribution < 1.29 is 22.6 Å². The van der Waals surface area contributed by atoms with Gasteiger partial charge in [0, 0.05) is 19.2 Å². The second kappa shape index (κ2) is 6.56. The van der Waals surface area contributed by atoms with Gasteiger partial charge in [-0.3, -0.25) is 0 Å². The lowest BCUT2D eigenvalue weighted by Crippen LogP contribution is -2.26. The molecular weight excluding hydrogens is 283 g/mol. The first-order valence-electron chi connectivity index (χ1n) is 6.93. The SMILES string of the molecule is COc1cc(OC)cc(C2CCN(CCC(F)(F)F)C2)c1. The van der Waals surface area contributed by atoms with E-state index in [1.807, 2.05) is 17.0 Å². The van der Waals surface area contributed by atoms with Crippen molar-refractivity contribution >= 4 is 0 Å². The Labute approximate surface area is 122 Å². The summed E-state index contributed by atoms with van der Waals surface area (Å²) in [4.78, 5) is 1.87. The van der Waals surface area contributed by atoms with E-state index in [0.29, 0.717) is 24.6 Å². The van der Waals surface area contributed by atoms with Crippen LogP contribution in [0.3, 0.4) is 0 Å². The Morgan fingerprint density at radius 1 is 1.14 bits per heavy atom. The first-order chi connectivity index (χ1) is 9.91. The summed E-state index contributed by atoms with van der Waals surface area (Å²) >= 11 is 0. The molecule has 0 spiro atoms. The molecule has 1 aromatic carbocycles. The summed E-state index contributed by atoms with van der Waals surface area (Å²) < 4.78 is 47.3. The van der Waals surface area contributed by atoms with Crippen molar-refractivity contribution in [3.8, 4) is 11.5 Å². The largest absolute Gasteiger partial charge is 0.497 e. The van der Waals surface area contributed by atoms with Gasteiger partial charge in [-0.25, -0.2) is 0 Å². The number of alkyl halides is 3. The molecule has 1 heterocycles. The quantitative estimate of drug-likeness (QED) is 0.831. The maximum atomic E-state index is 12.3. The van der Waals surface area contributed by atoms with Crippen molar-refractivity contribution in [1.29, 1.82) is 0 Å². The minimum absolute atomic E-state index is 0.0705. The lowest BCUT2D eigenvalue weighted by atomic mass is 9.98. The summed E-state index contributed by atoms with van der Waals surface area (Å²) in [5.41, 5.74) is 1.06. The number of hydrogen-bond donors (Lipinski definition) is 0. The van der Waals surface area contributed by atoms with Crippen molar-refractivity contribution in [3.05, 3.63) is 23.8 Å². The average molecular weight is 303 g/mol. The second-order valence-electron chi connectivity index (χ2n) is 5.30. The molecule has 1 aliphatic heterocycles.